The number of amides is 4. The molecule has 0 heterocycles. The fourth-order valence-electron chi connectivity index (χ4n) is 2.40. The maximum atomic E-state index is 12.3. The van der Waals surface area contributed by atoms with Gasteiger partial charge >= 0.3 is 12.2 Å². The molecule has 0 aliphatic heterocycles. The smallest absolute Gasteiger partial charge is 0.408 e. The van der Waals surface area contributed by atoms with Crippen molar-refractivity contribution in [1.29, 1.82) is 0 Å². The third kappa shape index (κ3) is 11.5. The van der Waals surface area contributed by atoms with Gasteiger partial charge in [0.2, 0.25) is 11.8 Å². The second kappa shape index (κ2) is 12.4. The van der Waals surface area contributed by atoms with Crippen LogP contribution in [-0.4, -0.2) is 48.2 Å². The fourth-order valence-corrected chi connectivity index (χ4v) is 2.40. The number of hydrogen-bond donors (Lipinski definition) is 4. The monoisotopic (exact) mass is 436 g/mol. The molecule has 0 spiro atoms. The molecule has 5 N–H and O–H groups in total. The summed E-state index contributed by atoms with van der Waals surface area (Å²) in [7, 11) is 0. The molecule has 0 unspecified atom stereocenters. The van der Waals surface area contributed by atoms with E-state index in [9.17, 15) is 19.2 Å². The number of carbonyl (C=O) groups excluding carboxylic acids is 4. The van der Waals surface area contributed by atoms with Crippen molar-refractivity contribution < 1.29 is 28.7 Å². The third-order valence-electron chi connectivity index (χ3n) is 3.94. The lowest BCUT2D eigenvalue weighted by molar-refractivity contribution is -0.128. The maximum Gasteiger partial charge on any atom is 0.408 e. The van der Waals surface area contributed by atoms with Crippen LogP contribution in [0.25, 0.3) is 0 Å². The summed E-state index contributed by atoms with van der Waals surface area (Å²) in [5.74, 6) is -1.30. The Morgan fingerprint density at radius 1 is 1.03 bits per heavy atom. The number of benzene rings is 1. The van der Waals surface area contributed by atoms with Gasteiger partial charge in [-0.25, -0.2) is 9.59 Å². The van der Waals surface area contributed by atoms with Gasteiger partial charge in [0, 0.05) is 6.54 Å². The summed E-state index contributed by atoms with van der Waals surface area (Å²) in [6.45, 7) is 7.01. The Hall–Kier alpha value is -3.30. The molecule has 2 atom stereocenters. The summed E-state index contributed by atoms with van der Waals surface area (Å²) < 4.78 is 10.2. The maximum absolute atomic E-state index is 12.3. The zero-order valence-electron chi connectivity index (χ0n) is 18.4. The molecule has 10 nitrogen and oxygen atoms in total. The van der Waals surface area contributed by atoms with Crippen LogP contribution < -0.4 is 21.7 Å². The van der Waals surface area contributed by atoms with Crippen LogP contribution in [0.4, 0.5) is 9.59 Å². The Balaban J connectivity index is 2.38. The van der Waals surface area contributed by atoms with E-state index in [0.717, 1.165) is 5.56 Å². The van der Waals surface area contributed by atoms with E-state index in [-0.39, 0.29) is 19.6 Å². The Morgan fingerprint density at radius 2 is 1.68 bits per heavy atom. The zero-order chi connectivity index (χ0) is 23.4. The van der Waals surface area contributed by atoms with Crippen molar-refractivity contribution in [2.45, 2.75) is 64.8 Å². The molecule has 4 amide bonds. The first kappa shape index (κ1) is 25.7. The van der Waals surface area contributed by atoms with Crippen LogP contribution >= 0.6 is 0 Å². The van der Waals surface area contributed by atoms with Gasteiger partial charge in [0.1, 0.15) is 24.3 Å². The first-order chi connectivity index (χ1) is 14.5. The van der Waals surface area contributed by atoms with Gasteiger partial charge in [-0.15, -0.1) is 0 Å². The molecule has 1 rings (SSSR count). The third-order valence-corrected chi connectivity index (χ3v) is 3.94. The molecule has 0 bridgehead atoms. The lowest BCUT2D eigenvalue weighted by atomic mass is 10.1. The van der Waals surface area contributed by atoms with E-state index in [1.807, 2.05) is 18.2 Å². The van der Waals surface area contributed by atoms with Crippen LogP contribution in [0.3, 0.4) is 0 Å². The van der Waals surface area contributed by atoms with Crippen molar-refractivity contribution >= 4 is 24.0 Å². The molecule has 0 fully saturated rings. The number of alkyl carbamates (subject to hydrolysis) is 2. The van der Waals surface area contributed by atoms with Gasteiger partial charge in [-0.05, 0) is 46.1 Å². The molecular formula is C21H32N4O6. The molecule has 31 heavy (non-hydrogen) atoms. The number of carbonyl (C=O) groups is 4. The first-order valence-corrected chi connectivity index (χ1v) is 10.0. The minimum Gasteiger partial charge on any atom is -0.445 e. The predicted molar refractivity (Wildman–Crippen MR) is 114 cm³/mol. The summed E-state index contributed by atoms with van der Waals surface area (Å²) in [5.41, 5.74) is 5.54. The highest BCUT2D eigenvalue weighted by Crippen LogP contribution is 2.06. The summed E-state index contributed by atoms with van der Waals surface area (Å²) in [6.07, 6.45) is -0.737. The molecule has 0 aromatic heterocycles. The minimum absolute atomic E-state index is 0.0651. The van der Waals surface area contributed by atoms with E-state index in [2.05, 4.69) is 16.0 Å². The van der Waals surface area contributed by atoms with Crippen molar-refractivity contribution in [3.8, 4) is 0 Å². The average molecular weight is 437 g/mol. The fraction of sp³-hybridized carbons (Fsp3) is 0.524. The van der Waals surface area contributed by atoms with E-state index in [1.54, 1.807) is 32.9 Å². The van der Waals surface area contributed by atoms with Gasteiger partial charge < -0.3 is 31.2 Å². The number of primary amides is 1. The lowest BCUT2D eigenvalue weighted by Gasteiger charge is -2.21. The van der Waals surface area contributed by atoms with E-state index in [0.29, 0.717) is 6.42 Å². The number of nitrogens with one attached hydrogen (secondary N) is 3. The van der Waals surface area contributed by atoms with Crippen LogP contribution in [-0.2, 0) is 25.7 Å². The molecule has 0 saturated carbocycles. The van der Waals surface area contributed by atoms with Crippen molar-refractivity contribution in [3.63, 3.8) is 0 Å². The molecule has 10 heteroatoms. The van der Waals surface area contributed by atoms with Crippen LogP contribution in [0.1, 0.15) is 46.1 Å². The predicted octanol–water partition coefficient (Wildman–Crippen LogP) is 1.58. The number of ether oxygens (including phenoxy) is 2. The Morgan fingerprint density at radius 3 is 2.26 bits per heavy atom. The zero-order valence-corrected chi connectivity index (χ0v) is 18.4. The highest BCUT2D eigenvalue weighted by molar-refractivity contribution is 5.90. The lowest BCUT2D eigenvalue weighted by Crippen LogP contribution is -2.52. The molecule has 1 aromatic rings. The van der Waals surface area contributed by atoms with Gasteiger partial charge in [0.25, 0.3) is 0 Å². The Bertz CT molecular complexity index is 748. The van der Waals surface area contributed by atoms with Crippen molar-refractivity contribution in [1.82, 2.24) is 16.0 Å². The number of rotatable bonds is 10. The first-order valence-electron chi connectivity index (χ1n) is 10.0. The van der Waals surface area contributed by atoms with Crippen LogP contribution in [0, 0.1) is 0 Å². The molecule has 0 aliphatic rings. The topological polar surface area (TPSA) is 149 Å². The second-order valence-electron chi connectivity index (χ2n) is 7.96. The highest BCUT2D eigenvalue weighted by atomic mass is 16.6. The van der Waals surface area contributed by atoms with Crippen molar-refractivity contribution in [2.75, 3.05) is 6.54 Å². The van der Waals surface area contributed by atoms with Gasteiger partial charge in [-0.2, -0.15) is 0 Å². The average Bonchev–Trinajstić information content (AvgIpc) is 2.67. The van der Waals surface area contributed by atoms with Gasteiger partial charge in [-0.3, -0.25) is 9.59 Å². The summed E-state index contributed by atoms with van der Waals surface area (Å²) >= 11 is 0. The summed E-state index contributed by atoms with van der Waals surface area (Å²) in [6, 6.07) is 7.21. The molecule has 0 radical (unpaired) electrons. The SMILES string of the molecule is C[C@H](NC(=O)OCc1ccccc1)C(=O)N[C@@H](CCCNC(=O)OC(C)(C)C)C(N)=O. The Kier molecular flexibility index (Phi) is 10.3. The van der Waals surface area contributed by atoms with Crippen molar-refractivity contribution in [2.24, 2.45) is 5.73 Å². The van der Waals surface area contributed by atoms with E-state index < -0.39 is 41.7 Å². The molecular weight excluding hydrogens is 404 g/mol. The highest BCUT2D eigenvalue weighted by Gasteiger charge is 2.23. The van der Waals surface area contributed by atoms with Crippen LogP contribution in [0.15, 0.2) is 30.3 Å². The molecule has 0 saturated heterocycles. The molecule has 1 aromatic carbocycles. The van der Waals surface area contributed by atoms with E-state index in [4.69, 9.17) is 15.2 Å². The Labute approximate surface area is 182 Å². The number of nitrogens with two attached hydrogens (primary N) is 1. The van der Waals surface area contributed by atoms with E-state index >= 15 is 0 Å². The molecule has 0 aliphatic carbocycles. The standard InChI is InChI=1S/C21H32N4O6/c1-14(24-20(29)30-13-15-9-6-5-7-10-15)18(27)25-16(17(22)26)11-8-12-23-19(28)31-21(2,3)4/h5-7,9-10,14,16H,8,11-13H2,1-4H3,(H2,22,26)(H,23,28)(H,24,29)(H,25,27)/t14-,16-/m0/s1. The molecule has 172 valence electrons. The largest absolute Gasteiger partial charge is 0.445 e. The van der Waals surface area contributed by atoms with Gasteiger partial charge in [-0.1, -0.05) is 30.3 Å². The van der Waals surface area contributed by atoms with Crippen LogP contribution in [0.2, 0.25) is 0 Å². The summed E-state index contributed by atoms with van der Waals surface area (Å²) in [4.78, 5) is 47.4. The van der Waals surface area contributed by atoms with Crippen LogP contribution in [0.5, 0.6) is 0 Å². The number of hydrogen-bond acceptors (Lipinski definition) is 6. The van der Waals surface area contributed by atoms with Crippen molar-refractivity contribution in [3.05, 3.63) is 35.9 Å². The van der Waals surface area contributed by atoms with Gasteiger partial charge in [0.05, 0.1) is 0 Å². The second-order valence-corrected chi connectivity index (χ2v) is 7.96. The normalized spacial score (nSPS) is 12.8. The quantitative estimate of drug-likeness (QED) is 0.409. The summed E-state index contributed by atoms with van der Waals surface area (Å²) in [5, 5.41) is 7.46. The van der Waals surface area contributed by atoms with Gasteiger partial charge in [0.15, 0.2) is 0 Å². The minimum atomic E-state index is -0.947. The van der Waals surface area contributed by atoms with E-state index in [1.165, 1.54) is 6.92 Å².